The van der Waals surface area contributed by atoms with Gasteiger partial charge in [-0.3, -0.25) is 14.4 Å². The minimum atomic E-state index is -0.967. The molecule has 4 amide bonds. The normalized spacial score (nSPS) is 19.4. The lowest BCUT2D eigenvalue weighted by Crippen LogP contribution is -2.47. The number of alkyl carbamates (subject to hydrolysis) is 2. The molecule has 11 rings (SSSR count). The van der Waals surface area contributed by atoms with Crippen molar-refractivity contribution in [3.05, 3.63) is 177 Å². The first kappa shape index (κ1) is 48.1. The van der Waals surface area contributed by atoms with Crippen molar-refractivity contribution in [1.82, 2.24) is 41.0 Å². The molecule has 0 unspecified atom stereocenters. The molecule has 5 aliphatic rings. The van der Waals surface area contributed by atoms with E-state index >= 15 is 0 Å². The third kappa shape index (κ3) is 9.26. The van der Waals surface area contributed by atoms with Gasteiger partial charge in [-0.25, -0.2) is 14.6 Å². The molecule has 2 aliphatic carbocycles. The number of carbonyl (C=O) groups is 4. The Kier molecular flexibility index (Phi) is 13.2. The zero-order valence-corrected chi connectivity index (χ0v) is 41.6. The molecule has 3 aliphatic heterocycles. The minimum absolute atomic E-state index is 0.195. The van der Waals surface area contributed by atoms with Crippen molar-refractivity contribution in [1.29, 1.82) is 0 Å². The molecule has 74 heavy (non-hydrogen) atoms. The zero-order valence-electron chi connectivity index (χ0n) is 41.6. The molecule has 15 heteroatoms. The van der Waals surface area contributed by atoms with E-state index in [1.54, 1.807) is 17.0 Å². The molecular weight excluding hydrogens is 933 g/mol. The number of hydrogen-bond acceptors (Lipinski definition) is 10. The molecule has 1 aromatic heterocycles. The quantitative estimate of drug-likeness (QED) is 0.0838. The number of fused-ring (bicyclic) bond motifs is 2. The average Bonchev–Trinajstić information content (AvgIpc) is 4.30. The second-order valence-electron chi connectivity index (χ2n) is 20.2. The lowest BCUT2D eigenvalue weighted by molar-refractivity contribution is -0.135. The van der Waals surface area contributed by atoms with E-state index in [1.165, 1.54) is 56.6 Å². The molecular formula is C59H60N8O7. The number of benzene rings is 5. The van der Waals surface area contributed by atoms with E-state index in [4.69, 9.17) is 14.5 Å². The van der Waals surface area contributed by atoms with Crippen LogP contribution in [0.15, 0.2) is 138 Å². The summed E-state index contributed by atoms with van der Waals surface area (Å²) < 4.78 is 9.76. The molecule has 0 radical (unpaired) electrons. The van der Waals surface area contributed by atoms with Gasteiger partial charge < -0.3 is 45.5 Å². The minimum Gasteiger partial charge on any atom is -0.453 e. The Bertz CT molecular complexity index is 3260. The first-order valence-corrected chi connectivity index (χ1v) is 25.7. The largest absolute Gasteiger partial charge is 0.453 e. The number of aromatic nitrogens is 2. The highest BCUT2D eigenvalue weighted by atomic mass is 16.5. The molecule has 2 saturated heterocycles. The van der Waals surface area contributed by atoms with Crippen molar-refractivity contribution in [2.75, 3.05) is 27.3 Å². The van der Waals surface area contributed by atoms with Crippen LogP contribution in [0.1, 0.15) is 103 Å². The SMILES string of the molecule is COC(=O)N[C@H](C(=O)N1CCC[C@H]1C1=CNC=C(c2ccc(-c3ccc(-c4ccc5nc([C@@H]6CCCN6C(=O)[C@@H](NC(=O)OC)c6ccccc6)[nH]c(=O)c5c4)c4c3CC3(CCCC3)C4)cc2)N1)c1ccccc1. The number of ether oxygens (including phenoxy) is 2. The Labute approximate surface area is 429 Å². The Morgan fingerprint density at radius 3 is 1.78 bits per heavy atom. The van der Waals surface area contributed by atoms with E-state index in [0.29, 0.717) is 47.4 Å². The highest BCUT2D eigenvalue weighted by molar-refractivity contribution is 5.90. The van der Waals surface area contributed by atoms with Gasteiger partial charge in [0.1, 0.15) is 17.9 Å². The van der Waals surface area contributed by atoms with Crippen LogP contribution in [0, 0.1) is 5.41 Å². The smallest absolute Gasteiger partial charge is 0.407 e. The topological polar surface area (TPSA) is 187 Å². The van der Waals surface area contributed by atoms with Gasteiger partial charge in [0.25, 0.3) is 11.5 Å². The van der Waals surface area contributed by atoms with Crippen molar-refractivity contribution < 1.29 is 28.7 Å². The van der Waals surface area contributed by atoms with Crippen molar-refractivity contribution >= 4 is 40.6 Å². The molecule has 4 heterocycles. The zero-order chi connectivity index (χ0) is 50.9. The Morgan fingerprint density at radius 1 is 0.649 bits per heavy atom. The Morgan fingerprint density at radius 2 is 1.19 bits per heavy atom. The standard InChI is InChI=1S/C59H60N8O7/c1-73-57(71)63-51(38-13-5-3-6-14-38)55(69)66-29-11-17-49(66)48-35-60-34-47(61-48)37-21-19-36(20-22-37)41-24-25-42(45-33-59(32-44(41)45)27-9-10-28-59)40-23-26-46-43(31-40)54(68)65-53(62-46)50-18-12-30-67(50)56(70)52(64-58(72)74-2)39-15-7-4-8-16-39/h3-8,13-16,19-26,31,34-35,49-52,60-61H,9-12,17-18,27-30,32-33H2,1-2H3,(H,63,71)(H,64,72)(H,62,65,68)/t49-,50-,51-,52-/m0/s1. The van der Waals surface area contributed by atoms with Gasteiger partial charge in [0.2, 0.25) is 5.91 Å². The first-order valence-electron chi connectivity index (χ1n) is 25.7. The van der Waals surface area contributed by atoms with Crippen LogP contribution in [0.3, 0.4) is 0 Å². The first-order chi connectivity index (χ1) is 36.1. The Balaban J connectivity index is 0.834. The van der Waals surface area contributed by atoms with Crippen LogP contribution < -0.4 is 26.8 Å². The van der Waals surface area contributed by atoms with E-state index in [9.17, 15) is 24.0 Å². The number of rotatable bonds is 11. The molecule has 6 aromatic rings. The van der Waals surface area contributed by atoms with Crippen LogP contribution in [0.2, 0.25) is 0 Å². The molecule has 4 atom stereocenters. The molecule has 1 saturated carbocycles. The maximum absolute atomic E-state index is 14.2. The van der Waals surface area contributed by atoms with Gasteiger partial charge in [-0.2, -0.15) is 0 Å². The summed E-state index contributed by atoms with van der Waals surface area (Å²) in [6.07, 6.45) is 12.2. The number of hydrogen-bond donors (Lipinski definition) is 5. The summed E-state index contributed by atoms with van der Waals surface area (Å²) in [5.74, 6) is -0.0734. The van der Waals surface area contributed by atoms with Crippen molar-refractivity contribution in [3.63, 3.8) is 0 Å². The van der Waals surface area contributed by atoms with Gasteiger partial charge in [0, 0.05) is 25.5 Å². The maximum Gasteiger partial charge on any atom is 0.407 e. The molecule has 5 N–H and O–H groups in total. The molecule has 15 nitrogen and oxygen atoms in total. The van der Waals surface area contributed by atoms with Gasteiger partial charge >= 0.3 is 12.2 Å². The number of amides is 4. The summed E-state index contributed by atoms with van der Waals surface area (Å²) in [5, 5.41) is 12.9. The summed E-state index contributed by atoms with van der Waals surface area (Å²) in [5.41, 5.74) is 11.7. The maximum atomic E-state index is 14.2. The fraction of sp³-hybridized carbons (Fsp3) is 0.322. The van der Waals surface area contributed by atoms with Crippen LogP contribution in [0.25, 0.3) is 38.9 Å². The molecule has 3 fully saturated rings. The van der Waals surface area contributed by atoms with E-state index in [0.717, 1.165) is 65.8 Å². The van der Waals surface area contributed by atoms with E-state index < -0.39 is 30.3 Å². The second-order valence-corrected chi connectivity index (χ2v) is 20.2. The van der Waals surface area contributed by atoms with Gasteiger partial charge in [-0.15, -0.1) is 0 Å². The number of carbonyl (C=O) groups excluding carboxylic acids is 4. The fourth-order valence-electron chi connectivity index (χ4n) is 12.2. The van der Waals surface area contributed by atoms with Gasteiger partial charge in [-0.1, -0.05) is 116 Å². The second kappa shape index (κ2) is 20.4. The third-order valence-electron chi connectivity index (χ3n) is 15.9. The monoisotopic (exact) mass is 992 g/mol. The van der Waals surface area contributed by atoms with E-state index in [2.05, 4.69) is 68.7 Å². The summed E-state index contributed by atoms with van der Waals surface area (Å²) in [7, 11) is 2.56. The highest BCUT2D eigenvalue weighted by Gasteiger charge is 2.43. The lowest BCUT2D eigenvalue weighted by Gasteiger charge is -2.32. The van der Waals surface area contributed by atoms with Crippen LogP contribution in [0.5, 0.6) is 0 Å². The van der Waals surface area contributed by atoms with Crippen LogP contribution in [-0.4, -0.2) is 77.1 Å². The van der Waals surface area contributed by atoms with Gasteiger partial charge in [0.05, 0.1) is 48.6 Å². The fourth-order valence-corrected chi connectivity index (χ4v) is 12.2. The number of nitrogens with zero attached hydrogens (tertiary/aromatic N) is 3. The summed E-state index contributed by atoms with van der Waals surface area (Å²) in [6, 6.07) is 34.8. The third-order valence-corrected chi connectivity index (χ3v) is 15.9. The van der Waals surface area contributed by atoms with Crippen molar-refractivity contribution in [2.24, 2.45) is 5.41 Å². The number of methoxy groups -OCH3 is 2. The molecule has 378 valence electrons. The molecule has 5 aromatic carbocycles. The van der Waals surface area contributed by atoms with Gasteiger partial charge in [0.15, 0.2) is 0 Å². The van der Waals surface area contributed by atoms with Crippen LogP contribution in [0.4, 0.5) is 9.59 Å². The van der Waals surface area contributed by atoms with E-state index in [-0.39, 0.29) is 28.8 Å². The number of nitrogens with one attached hydrogen (secondary N) is 5. The highest BCUT2D eigenvalue weighted by Crippen LogP contribution is 2.53. The van der Waals surface area contributed by atoms with Gasteiger partial charge in [-0.05, 0) is 119 Å². The predicted octanol–water partition coefficient (Wildman–Crippen LogP) is 9.10. The average molecular weight is 993 g/mol. The van der Waals surface area contributed by atoms with E-state index in [1.807, 2.05) is 78.0 Å². The summed E-state index contributed by atoms with van der Waals surface area (Å²) in [6.45, 7) is 1.01. The van der Waals surface area contributed by atoms with Crippen molar-refractivity contribution in [2.45, 2.75) is 88.4 Å². The number of aromatic amines is 1. The molecule has 1 spiro atoms. The molecule has 0 bridgehead atoms. The number of H-pyrrole nitrogens is 1. The predicted molar refractivity (Wildman–Crippen MR) is 282 cm³/mol. The lowest BCUT2D eigenvalue weighted by atomic mass is 9.82. The Hall–Kier alpha value is -8.20. The summed E-state index contributed by atoms with van der Waals surface area (Å²) in [4.78, 5) is 78.8. The van der Waals surface area contributed by atoms with Crippen molar-refractivity contribution in [3.8, 4) is 22.3 Å². The summed E-state index contributed by atoms with van der Waals surface area (Å²) >= 11 is 0. The number of likely N-dealkylation sites (tertiary alicyclic amines) is 2. The van der Waals surface area contributed by atoms with Crippen LogP contribution >= 0.6 is 0 Å². The van der Waals surface area contributed by atoms with Crippen LogP contribution in [-0.2, 0) is 31.9 Å².